The smallest absolute Gasteiger partial charge is 0.0576 e. The summed E-state index contributed by atoms with van der Waals surface area (Å²) in [5, 5.41) is 0.852. The number of hydrogen-bond acceptors (Lipinski definition) is 2. The maximum absolute atomic E-state index is 6.42. The first-order chi connectivity index (χ1) is 15.4. The van der Waals surface area contributed by atoms with Crippen molar-refractivity contribution in [1.29, 1.82) is 0 Å². The molecule has 176 valence electrons. The quantitative estimate of drug-likeness (QED) is 0.371. The average molecular weight is 455 g/mol. The van der Waals surface area contributed by atoms with Crippen LogP contribution in [0.4, 0.5) is 0 Å². The predicted molar refractivity (Wildman–Crippen MR) is 138 cm³/mol. The van der Waals surface area contributed by atoms with Crippen molar-refractivity contribution in [3.8, 4) is 0 Å². The lowest BCUT2D eigenvalue weighted by molar-refractivity contribution is 0.178. The minimum Gasteiger partial charge on any atom is -0.370 e. The van der Waals surface area contributed by atoms with Gasteiger partial charge in [0.15, 0.2) is 0 Å². The number of halogens is 1. The Balaban J connectivity index is 1.50. The summed E-state index contributed by atoms with van der Waals surface area (Å²) in [5.74, 6) is 2.27. The molecule has 0 aromatic rings. The molecule has 0 amide bonds. The van der Waals surface area contributed by atoms with Crippen LogP contribution in [0, 0.1) is 23.7 Å². The Morgan fingerprint density at radius 3 is 2.56 bits per heavy atom. The van der Waals surface area contributed by atoms with E-state index in [-0.39, 0.29) is 0 Å². The van der Waals surface area contributed by atoms with Crippen LogP contribution in [0.15, 0.2) is 59.5 Å². The molecule has 0 N–H and O–H groups in total. The molecule has 1 saturated carbocycles. The Kier molecular flexibility index (Phi) is 7.60. The second kappa shape index (κ2) is 10.2. The fraction of sp³-hybridized carbons (Fsp3) is 0.655. The van der Waals surface area contributed by atoms with Crippen molar-refractivity contribution in [2.45, 2.75) is 84.2 Å². The third-order valence-electron chi connectivity index (χ3n) is 8.53. The van der Waals surface area contributed by atoms with Crippen LogP contribution in [0.2, 0.25) is 0 Å². The second-order valence-electron chi connectivity index (χ2n) is 10.8. The van der Waals surface area contributed by atoms with Crippen LogP contribution in [0.1, 0.15) is 72.1 Å². The Labute approximate surface area is 201 Å². The molecule has 3 heteroatoms. The Morgan fingerprint density at radius 1 is 1.12 bits per heavy atom. The largest absolute Gasteiger partial charge is 0.370 e. The average Bonchev–Trinajstić information content (AvgIpc) is 3.39. The topological polar surface area (TPSA) is 6.48 Å². The highest BCUT2D eigenvalue weighted by atomic mass is 35.5. The van der Waals surface area contributed by atoms with Crippen LogP contribution in [0.25, 0.3) is 0 Å². The van der Waals surface area contributed by atoms with E-state index < -0.39 is 0 Å². The van der Waals surface area contributed by atoms with Crippen LogP contribution in [0.5, 0.6) is 0 Å². The third kappa shape index (κ3) is 4.76. The molecule has 4 rings (SSSR count). The van der Waals surface area contributed by atoms with Crippen molar-refractivity contribution in [3.05, 3.63) is 59.5 Å². The molecule has 4 aliphatic rings. The lowest BCUT2D eigenvalue weighted by Gasteiger charge is -2.40. The zero-order chi connectivity index (χ0) is 22.8. The minimum atomic E-state index is 0.325. The van der Waals surface area contributed by atoms with E-state index in [2.05, 4.69) is 61.6 Å². The molecule has 4 unspecified atom stereocenters. The SMILES string of the molecule is C=C(C1=CN(CC2CCCN2C(=C)C(CC)C2CCCCC2)C2C=CC(Cl)=CC12)C(C)C. The van der Waals surface area contributed by atoms with Gasteiger partial charge in [0.25, 0.3) is 0 Å². The van der Waals surface area contributed by atoms with Gasteiger partial charge in [-0.05, 0) is 61.2 Å². The molecular weight excluding hydrogens is 412 g/mol. The van der Waals surface area contributed by atoms with Gasteiger partial charge in [-0.25, -0.2) is 0 Å². The first kappa shape index (κ1) is 23.7. The van der Waals surface area contributed by atoms with Gasteiger partial charge < -0.3 is 9.80 Å². The van der Waals surface area contributed by atoms with E-state index in [1.807, 2.05) is 0 Å². The van der Waals surface area contributed by atoms with Gasteiger partial charge in [-0.2, -0.15) is 0 Å². The highest BCUT2D eigenvalue weighted by Gasteiger charge is 2.39. The molecule has 0 spiro atoms. The van der Waals surface area contributed by atoms with Gasteiger partial charge in [0.05, 0.1) is 6.04 Å². The van der Waals surface area contributed by atoms with E-state index in [4.69, 9.17) is 18.2 Å². The van der Waals surface area contributed by atoms with Crippen molar-refractivity contribution in [2.75, 3.05) is 13.1 Å². The van der Waals surface area contributed by atoms with E-state index >= 15 is 0 Å². The number of likely N-dealkylation sites (tertiary alicyclic amines) is 1. The minimum absolute atomic E-state index is 0.325. The Bertz CT molecular complexity index is 798. The normalized spacial score (nSPS) is 29.2. The Morgan fingerprint density at radius 2 is 1.88 bits per heavy atom. The van der Waals surface area contributed by atoms with Crippen molar-refractivity contribution in [1.82, 2.24) is 9.80 Å². The molecule has 0 aromatic heterocycles. The number of hydrogen-bond donors (Lipinski definition) is 0. The number of allylic oxidation sites excluding steroid dienone is 4. The lowest BCUT2D eigenvalue weighted by atomic mass is 9.77. The predicted octanol–water partition coefficient (Wildman–Crippen LogP) is 7.66. The zero-order valence-corrected chi connectivity index (χ0v) is 21.3. The van der Waals surface area contributed by atoms with E-state index in [1.165, 1.54) is 74.8 Å². The maximum atomic E-state index is 6.42. The summed E-state index contributed by atoms with van der Waals surface area (Å²) in [7, 11) is 0. The summed E-state index contributed by atoms with van der Waals surface area (Å²) in [6.45, 7) is 18.2. The molecule has 0 aromatic carbocycles. The van der Waals surface area contributed by atoms with E-state index in [1.54, 1.807) is 0 Å². The number of nitrogens with zero attached hydrogens (tertiary/aromatic N) is 2. The van der Waals surface area contributed by atoms with Gasteiger partial charge in [0.2, 0.25) is 0 Å². The summed E-state index contributed by atoms with van der Waals surface area (Å²) in [6, 6.07) is 0.914. The standard InChI is InChI=1S/C29H43ClN2/c1-6-26(23-11-8-7-9-12-23)22(5)32-16-10-13-25(32)18-31-19-28(21(4)20(2)3)27-17-24(30)14-15-29(27)31/h14-15,17,19-20,23,25-27,29H,4-13,16,18H2,1-3H3. The summed E-state index contributed by atoms with van der Waals surface area (Å²) in [5.41, 5.74) is 4.04. The molecule has 0 bridgehead atoms. The number of rotatable bonds is 8. The lowest BCUT2D eigenvalue weighted by Crippen LogP contribution is -2.43. The van der Waals surface area contributed by atoms with Crippen LogP contribution in [-0.2, 0) is 0 Å². The van der Waals surface area contributed by atoms with Gasteiger partial charge in [-0.3, -0.25) is 0 Å². The van der Waals surface area contributed by atoms with E-state index in [0.717, 1.165) is 17.5 Å². The van der Waals surface area contributed by atoms with Gasteiger partial charge in [0.1, 0.15) is 0 Å². The Hall–Kier alpha value is -1.41. The molecule has 2 aliphatic heterocycles. The third-order valence-corrected chi connectivity index (χ3v) is 8.78. The molecule has 1 saturated heterocycles. The molecule has 2 nitrogen and oxygen atoms in total. The first-order valence-corrected chi connectivity index (χ1v) is 13.5. The molecular formula is C29H43ClN2. The van der Waals surface area contributed by atoms with Gasteiger partial charge in [-0.1, -0.05) is 76.9 Å². The summed E-state index contributed by atoms with van der Waals surface area (Å²) >= 11 is 6.42. The molecule has 2 fully saturated rings. The molecule has 4 atom stereocenters. The van der Waals surface area contributed by atoms with E-state index in [9.17, 15) is 0 Å². The summed E-state index contributed by atoms with van der Waals surface area (Å²) in [4.78, 5) is 5.26. The maximum Gasteiger partial charge on any atom is 0.0576 e. The van der Waals surface area contributed by atoms with Gasteiger partial charge >= 0.3 is 0 Å². The fourth-order valence-corrected chi connectivity index (χ4v) is 6.83. The molecule has 32 heavy (non-hydrogen) atoms. The first-order valence-electron chi connectivity index (χ1n) is 13.1. The fourth-order valence-electron chi connectivity index (χ4n) is 6.62. The molecule has 0 radical (unpaired) electrons. The van der Waals surface area contributed by atoms with Crippen LogP contribution in [0.3, 0.4) is 0 Å². The number of fused-ring (bicyclic) bond motifs is 1. The highest BCUT2D eigenvalue weighted by molar-refractivity contribution is 6.31. The zero-order valence-electron chi connectivity index (χ0n) is 20.5. The van der Waals surface area contributed by atoms with Crippen molar-refractivity contribution in [3.63, 3.8) is 0 Å². The molecule has 2 heterocycles. The van der Waals surface area contributed by atoms with Gasteiger partial charge in [0, 0.05) is 47.9 Å². The van der Waals surface area contributed by atoms with Crippen LogP contribution < -0.4 is 0 Å². The summed E-state index contributed by atoms with van der Waals surface area (Å²) < 4.78 is 0. The monoisotopic (exact) mass is 454 g/mol. The van der Waals surface area contributed by atoms with Crippen molar-refractivity contribution in [2.24, 2.45) is 23.7 Å². The van der Waals surface area contributed by atoms with Crippen molar-refractivity contribution >= 4 is 11.6 Å². The molecule has 2 aliphatic carbocycles. The van der Waals surface area contributed by atoms with Crippen molar-refractivity contribution < 1.29 is 0 Å². The second-order valence-corrected chi connectivity index (χ2v) is 11.2. The summed E-state index contributed by atoms with van der Waals surface area (Å²) in [6.07, 6.45) is 19.8. The van der Waals surface area contributed by atoms with Crippen LogP contribution >= 0.6 is 11.6 Å². The van der Waals surface area contributed by atoms with E-state index in [0.29, 0.717) is 29.8 Å². The highest BCUT2D eigenvalue weighted by Crippen LogP contribution is 2.42. The van der Waals surface area contributed by atoms with Crippen LogP contribution in [-0.4, -0.2) is 35.0 Å². The van der Waals surface area contributed by atoms with Gasteiger partial charge in [-0.15, -0.1) is 0 Å².